The number of rotatable bonds is 5. The molecule has 2 heterocycles. The van der Waals surface area contributed by atoms with Gasteiger partial charge in [0, 0.05) is 44.8 Å². The number of thiazole rings is 1. The number of hydrogen-bond acceptors (Lipinski definition) is 6. The second-order valence-corrected chi connectivity index (χ2v) is 10.9. The topological polar surface area (TPSA) is 73.8 Å². The maximum atomic E-state index is 12.9. The highest BCUT2D eigenvalue weighted by molar-refractivity contribution is 7.89. The molecule has 3 aromatic rings. The normalized spacial score (nSPS) is 15.3. The number of fused-ring (bicyclic) bond motifs is 1. The van der Waals surface area contributed by atoms with Gasteiger partial charge in [0.05, 0.1) is 15.1 Å². The van der Waals surface area contributed by atoms with Gasteiger partial charge in [-0.05, 0) is 50.2 Å². The first-order valence-electron chi connectivity index (χ1n) is 10.3. The number of para-hydroxylation sites is 1. The lowest BCUT2D eigenvalue weighted by atomic mass is 10.2. The Labute approximate surface area is 187 Å². The monoisotopic (exact) mass is 458 g/mol. The Balaban J connectivity index is 1.41. The lowest BCUT2D eigenvalue weighted by Gasteiger charge is -2.34. The fraction of sp³-hybridized carbons (Fsp3) is 0.364. The van der Waals surface area contributed by atoms with Crippen LogP contribution in [0.25, 0.3) is 10.2 Å². The Bertz CT molecular complexity index is 1150. The molecule has 2 aromatic carbocycles. The minimum atomic E-state index is -3.56. The standard InChI is InChI=1S/C22H26N4O3S2/c1-16(2)24(3)31(28,29)18-10-8-17(9-11-18)21(27)25-12-14-26(15-13-25)22-23-19-6-4-5-7-20(19)30-22/h4-11,16H,12-15H2,1-3H3. The van der Waals surface area contributed by atoms with Crippen LogP contribution in [0.1, 0.15) is 24.2 Å². The first kappa shape index (κ1) is 21.7. The zero-order valence-corrected chi connectivity index (χ0v) is 19.5. The van der Waals surface area contributed by atoms with Crippen LogP contribution < -0.4 is 4.90 Å². The van der Waals surface area contributed by atoms with Crippen LogP contribution >= 0.6 is 11.3 Å². The second kappa shape index (κ2) is 8.57. The number of aromatic nitrogens is 1. The van der Waals surface area contributed by atoms with Crippen molar-refractivity contribution in [2.24, 2.45) is 0 Å². The summed E-state index contributed by atoms with van der Waals surface area (Å²) in [6.07, 6.45) is 0. The highest BCUT2D eigenvalue weighted by Crippen LogP contribution is 2.29. The minimum absolute atomic E-state index is 0.0786. The summed E-state index contributed by atoms with van der Waals surface area (Å²) in [5, 5.41) is 0.983. The minimum Gasteiger partial charge on any atom is -0.345 e. The first-order chi connectivity index (χ1) is 14.8. The van der Waals surface area contributed by atoms with Crippen molar-refractivity contribution in [3.63, 3.8) is 0 Å². The van der Waals surface area contributed by atoms with E-state index in [9.17, 15) is 13.2 Å². The lowest BCUT2D eigenvalue weighted by Crippen LogP contribution is -2.48. The second-order valence-electron chi connectivity index (χ2n) is 7.88. The van der Waals surface area contributed by atoms with E-state index in [-0.39, 0.29) is 16.8 Å². The molecule has 0 radical (unpaired) electrons. The molecule has 0 spiro atoms. The van der Waals surface area contributed by atoms with Crippen molar-refractivity contribution in [3.8, 4) is 0 Å². The Morgan fingerprint density at radius 3 is 2.29 bits per heavy atom. The number of amides is 1. The van der Waals surface area contributed by atoms with E-state index >= 15 is 0 Å². The van der Waals surface area contributed by atoms with Crippen molar-refractivity contribution >= 4 is 42.6 Å². The molecule has 0 N–H and O–H groups in total. The van der Waals surface area contributed by atoms with Crippen LogP contribution in [0, 0.1) is 0 Å². The number of benzene rings is 2. The average Bonchev–Trinajstić information content (AvgIpc) is 3.22. The van der Waals surface area contributed by atoms with Crippen molar-refractivity contribution in [2.75, 3.05) is 38.1 Å². The van der Waals surface area contributed by atoms with Crippen LogP contribution in [-0.2, 0) is 10.0 Å². The third-order valence-electron chi connectivity index (χ3n) is 5.63. The molecule has 9 heteroatoms. The van der Waals surface area contributed by atoms with Gasteiger partial charge in [0.1, 0.15) is 0 Å². The predicted octanol–water partition coefficient (Wildman–Crippen LogP) is 3.29. The SMILES string of the molecule is CC(C)N(C)S(=O)(=O)c1ccc(C(=O)N2CCN(c3nc4ccccc4s3)CC2)cc1. The first-order valence-corrected chi connectivity index (χ1v) is 12.5. The molecule has 1 aliphatic rings. The third-order valence-corrected chi connectivity index (χ3v) is 8.77. The van der Waals surface area contributed by atoms with Crippen molar-refractivity contribution in [1.82, 2.24) is 14.2 Å². The summed E-state index contributed by atoms with van der Waals surface area (Å²) in [6.45, 7) is 6.29. The van der Waals surface area contributed by atoms with Gasteiger partial charge in [-0.1, -0.05) is 23.5 Å². The number of sulfonamides is 1. The van der Waals surface area contributed by atoms with E-state index in [1.165, 1.54) is 16.4 Å². The molecular formula is C22H26N4O3S2. The largest absolute Gasteiger partial charge is 0.345 e. The van der Waals surface area contributed by atoms with Crippen LogP contribution in [0.2, 0.25) is 0 Å². The molecule has 31 heavy (non-hydrogen) atoms. The fourth-order valence-electron chi connectivity index (χ4n) is 3.49. The molecule has 4 rings (SSSR count). The average molecular weight is 459 g/mol. The van der Waals surface area contributed by atoms with Crippen LogP contribution in [0.15, 0.2) is 53.4 Å². The van der Waals surface area contributed by atoms with Crippen LogP contribution in [0.5, 0.6) is 0 Å². The summed E-state index contributed by atoms with van der Waals surface area (Å²) < 4.78 is 27.7. The van der Waals surface area contributed by atoms with E-state index in [1.807, 2.05) is 36.9 Å². The van der Waals surface area contributed by atoms with Gasteiger partial charge in [-0.2, -0.15) is 4.31 Å². The summed E-state index contributed by atoms with van der Waals surface area (Å²) in [4.78, 5) is 21.8. The molecule has 7 nitrogen and oxygen atoms in total. The van der Waals surface area contributed by atoms with Gasteiger partial charge in [-0.3, -0.25) is 4.79 Å². The maximum Gasteiger partial charge on any atom is 0.253 e. The summed E-state index contributed by atoms with van der Waals surface area (Å²) in [6, 6.07) is 14.2. The van der Waals surface area contributed by atoms with Gasteiger partial charge >= 0.3 is 0 Å². The molecule has 0 saturated carbocycles. The molecule has 1 aliphatic heterocycles. The van der Waals surface area contributed by atoms with Crippen molar-refractivity contribution in [3.05, 3.63) is 54.1 Å². The summed E-state index contributed by atoms with van der Waals surface area (Å²) >= 11 is 1.67. The number of anilines is 1. The van der Waals surface area contributed by atoms with Gasteiger partial charge in [-0.25, -0.2) is 13.4 Å². The van der Waals surface area contributed by atoms with Gasteiger partial charge in [0.25, 0.3) is 5.91 Å². The van der Waals surface area contributed by atoms with E-state index in [0.29, 0.717) is 18.7 Å². The fourth-order valence-corrected chi connectivity index (χ4v) is 5.88. The zero-order chi connectivity index (χ0) is 22.2. The number of carbonyl (C=O) groups is 1. The molecule has 0 bridgehead atoms. The van der Waals surface area contributed by atoms with Crippen LogP contribution in [0.4, 0.5) is 5.13 Å². The highest BCUT2D eigenvalue weighted by atomic mass is 32.2. The summed E-state index contributed by atoms with van der Waals surface area (Å²) in [5.41, 5.74) is 1.50. The van der Waals surface area contributed by atoms with Gasteiger partial charge in [0.2, 0.25) is 10.0 Å². The predicted molar refractivity (Wildman–Crippen MR) is 124 cm³/mol. The molecular weight excluding hydrogens is 432 g/mol. The van der Waals surface area contributed by atoms with E-state index in [4.69, 9.17) is 4.98 Å². The van der Waals surface area contributed by atoms with Crippen LogP contribution in [0.3, 0.4) is 0 Å². The molecule has 0 unspecified atom stereocenters. The number of piperazine rings is 1. The number of carbonyl (C=O) groups excluding carboxylic acids is 1. The molecule has 1 aromatic heterocycles. The number of nitrogens with zero attached hydrogens (tertiary/aromatic N) is 4. The number of hydrogen-bond donors (Lipinski definition) is 0. The summed E-state index contributed by atoms with van der Waals surface area (Å²) in [7, 11) is -2.00. The zero-order valence-electron chi connectivity index (χ0n) is 17.9. The molecule has 1 saturated heterocycles. The summed E-state index contributed by atoms with van der Waals surface area (Å²) in [5.74, 6) is -0.0786. The lowest BCUT2D eigenvalue weighted by molar-refractivity contribution is 0.0746. The van der Waals surface area contributed by atoms with E-state index < -0.39 is 10.0 Å². The quantitative estimate of drug-likeness (QED) is 0.587. The molecule has 0 aliphatic carbocycles. The van der Waals surface area contributed by atoms with Gasteiger partial charge < -0.3 is 9.80 Å². The molecule has 164 valence electrons. The van der Waals surface area contributed by atoms with E-state index in [0.717, 1.165) is 28.4 Å². The molecule has 1 fully saturated rings. The Hall–Kier alpha value is -2.49. The third kappa shape index (κ3) is 4.30. The highest BCUT2D eigenvalue weighted by Gasteiger charge is 2.26. The van der Waals surface area contributed by atoms with E-state index in [1.54, 1.807) is 30.5 Å². The molecule has 1 amide bonds. The Morgan fingerprint density at radius 2 is 1.68 bits per heavy atom. The molecule has 0 atom stereocenters. The smallest absolute Gasteiger partial charge is 0.253 e. The maximum absolute atomic E-state index is 12.9. The van der Waals surface area contributed by atoms with Crippen molar-refractivity contribution in [1.29, 1.82) is 0 Å². The van der Waals surface area contributed by atoms with Crippen molar-refractivity contribution in [2.45, 2.75) is 24.8 Å². The van der Waals surface area contributed by atoms with Crippen molar-refractivity contribution < 1.29 is 13.2 Å². The van der Waals surface area contributed by atoms with Gasteiger partial charge in [0.15, 0.2) is 5.13 Å². The van der Waals surface area contributed by atoms with E-state index in [2.05, 4.69) is 11.0 Å². The van der Waals surface area contributed by atoms with Crippen LogP contribution in [-0.4, -0.2) is 67.8 Å². The Morgan fingerprint density at radius 1 is 1.03 bits per heavy atom. The Kier molecular flexibility index (Phi) is 6.00. The van der Waals surface area contributed by atoms with Gasteiger partial charge in [-0.15, -0.1) is 0 Å².